The lowest BCUT2D eigenvalue weighted by Gasteiger charge is -2.17. The first kappa shape index (κ1) is 10.5. The maximum Gasteiger partial charge on any atom is 0.473 e. The summed E-state index contributed by atoms with van der Waals surface area (Å²) in [6.07, 6.45) is 0.225. The van der Waals surface area contributed by atoms with Gasteiger partial charge in [0.25, 0.3) is 0 Å². The predicted octanol–water partition coefficient (Wildman–Crippen LogP) is 1.02. The Morgan fingerprint density at radius 2 is 1.91 bits per heavy atom. The highest BCUT2D eigenvalue weighted by Crippen LogP contribution is 1.94. The molecule has 0 rings (SSSR count). The summed E-state index contributed by atoms with van der Waals surface area (Å²) >= 11 is 0. The Bertz CT molecular complexity index is 157. The van der Waals surface area contributed by atoms with Crippen LogP contribution in [0.15, 0.2) is 0 Å². The topological polar surface area (TPSA) is 12.5 Å². The molecule has 0 radical (unpaired) electrons. The minimum absolute atomic E-state index is 0.0694. The van der Waals surface area contributed by atoms with Crippen LogP contribution in [0.5, 0.6) is 0 Å². The number of nitrogens with zero attached hydrogens (tertiary/aromatic N) is 1. The molecule has 0 saturated heterocycles. The second kappa shape index (κ2) is 5.23. The first-order valence-corrected chi connectivity index (χ1v) is 3.82. The van der Waals surface area contributed by atoms with Gasteiger partial charge in [-0.25, -0.2) is 0 Å². The van der Waals surface area contributed by atoms with Gasteiger partial charge in [0.2, 0.25) is 0 Å². The van der Waals surface area contributed by atoms with Crippen LogP contribution < -0.4 is 0 Å². The van der Waals surface area contributed by atoms with E-state index >= 15 is 0 Å². The fourth-order valence-corrected chi connectivity index (χ4v) is 0.666. The maximum atomic E-state index is 5.50. The Hall–Kier alpha value is -0.455. The van der Waals surface area contributed by atoms with Crippen LogP contribution in [0, 0.1) is 11.7 Å². The number of hydrogen-bond acceptors (Lipinski definition) is 2. The highest BCUT2D eigenvalue weighted by atomic mass is 16.5. The van der Waals surface area contributed by atoms with Gasteiger partial charge in [0.05, 0.1) is 0 Å². The van der Waals surface area contributed by atoms with Crippen molar-refractivity contribution in [2.24, 2.45) is 0 Å². The van der Waals surface area contributed by atoms with Gasteiger partial charge in [-0.3, -0.25) is 0 Å². The molecule has 0 N–H and O–H groups in total. The van der Waals surface area contributed by atoms with Crippen LogP contribution in [0.1, 0.15) is 20.8 Å². The summed E-state index contributed by atoms with van der Waals surface area (Å²) < 4.78 is 5.50. The first-order chi connectivity index (χ1) is 5.07. The average Bonchev–Trinajstić information content (AvgIpc) is 1.86. The first-order valence-electron chi connectivity index (χ1n) is 3.82. The van der Waals surface area contributed by atoms with Gasteiger partial charge in [-0.05, 0) is 34.9 Å². The van der Waals surface area contributed by atoms with Crippen molar-refractivity contribution >= 4 is 7.05 Å². The van der Waals surface area contributed by atoms with Crippen LogP contribution in [0.4, 0.5) is 0 Å². The van der Waals surface area contributed by atoms with E-state index in [4.69, 9.17) is 4.65 Å². The quantitative estimate of drug-likeness (QED) is 0.443. The molecule has 3 heteroatoms. The van der Waals surface area contributed by atoms with Gasteiger partial charge in [0, 0.05) is 6.10 Å². The summed E-state index contributed by atoms with van der Waals surface area (Å²) in [7, 11) is 3.84. The molecule has 0 aromatic carbocycles. The Balaban J connectivity index is 3.97. The average molecular weight is 153 g/mol. The molecule has 2 nitrogen and oxygen atoms in total. The molecule has 0 bridgehead atoms. The van der Waals surface area contributed by atoms with Crippen LogP contribution >= 0.6 is 0 Å². The molecule has 0 aliphatic carbocycles. The van der Waals surface area contributed by atoms with E-state index in [2.05, 4.69) is 11.7 Å². The molecule has 0 aromatic heterocycles. The lowest BCUT2D eigenvalue weighted by Crippen LogP contribution is -2.36. The van der Waals surface area contributed by atoms with Gasteiger partial charge in [0.1, 0.15) is 0 Å². The van der Waals surface area contributed by atoms with E-state index in [0.717, 1.165) is 0 Å². The lowest BCUT2D eigenvalue weighted by atomic mass is 9.82. The lowest BCUT2D eigenvalue weighted by molar-refractivity contribution is 0.225. The third kappa shape index (κ3) is 4.89. The van der Waals surface area contributed by atoms with Crippen molar-refractivity contribution in [3.8, 4) is 11.7 Å². The third-order valence-corrected chi connectivity index (χ3v) is 1.14. The third-order valence-electron chi connectivity index (χ3n) is 1.14. The molecule has 0 atom stereocenters. The van der Waals surface area contributed by atoms with Crippen LogP contribution in [-0.2, 0) is 4.65 Å². The van der Waals surface area contributed by atoms with Gasteiger partial charge >= 0.3 is 7.05 Å². The molecule has 0 aliphatic heterocycles. The zero-order chi connectivity index (χ0) is 8.85. The Labute approximate surface area is 70.0 Å². The standard InChI is InChI=1S/C8H16BNO/c1-6-7-9(10(4)5)11-8(2)3/h8H,1-5H3. The minimum atomic E-state index is -0.0694. The summed E-state index contributed by atoms with van der Waals surface area (Å²) in [5.41, 5.74) is 0. The zero-order valence-corrected chi connectivity index (χ0v) is 8.01. The van der Waals surface area contributed by atoms with Gasteiger partial charge in [0.15, 0.2) is 0 Å². The van der Waals surface area contributed by atoms with E-state index in [-0.39, 0.29) is 13.2 Å². The molecule has 0 aliphatic rings. The summed E-state index contributed by atoms with van der Waals surface area (Å²) in [6.45, 7) is 5.84. The van der Waals surface area contributed by atoms with E-state index in [1.54, 1.807) is 0 Å². The summed E-state index contributed by atoms with van der Waals surface area (Å²) in [5, 5.41) is 0. The molecule has 11 heavy (non-hydrogen) atoms. The minimum Gasteiger partial charge on any atom is -0.409 e. The van der Waals surface area contributed by atoms with Gasteiger partial charge < -0.3 is 9.47 Å². The summed E-state index contributed by atoms with van der Waals surface area (Å²) in [6, 6.07) is 0. The van der Waals surface area contributed by atoms with Crippen molar-refractivity contribution in [3.63, 3.8) is 0 Å². The second-order valence-electron chi connectivity index (χ2n) is 2.90. The fraction of sp³-hybridized carbons (Fsp3) is 0.750. The molecule has 62 valence electrons. The monoisotopic (exact) mass is 153 g/mol. The van der Waals surface area contributed by atoms with E-state index in [1.165, 1.54) is 0 Å². The normalized spacial score (nSPS) is 9.73. The predicted molar refractivity (Wildman–Crippen MR) is 49.1 cm³/mol. The molecule has 0 spiro atoms. The van der Waals surface area contributed by atoms with Crippen molar-refractivity contribution < 1.29 is 4.65 Å². The van der Waals surface area contributed by atoms with Gasteiger partial charge in [-0.1, -0.05) is 5.82 Å². The highest BCUT2D eigenvalue weighted by Gasteiger charge is 2.17. The van der Waals surface area contributed by atoms with E-state index in [9.17, 15) is 0 Å². The SMILES string of the molecule is CC#CB(OC(C)C)N(C)C. The Morgan fingerprint density at radius 3 is 2.18 bits per heavy atom. The van der Waals surface area contributed by atoms with E-state index in [1.807, 2.05) is 39.7 Å². The zero-order valence-electron chi connectivity index (χ0n) is 8.01. The smallest absolute Gasteiger partial charge is 0.409 e. The molecule has 0 unspecified atom stereocenters. The summed E-state index contributed by atoms with van der Waals surface area (Å²) in [4.78, 5) is 1.95. The van der Waals surface area contributed by atoms with Crippen molar-refractivity contribution in [2.45, 2.75) is 26.9 Å². The van der Waals surface area contributed by atoms with Crippen LogP contribution in [0.2, 0.25) is 0 Å². The van der Waals surface area contributed by atoms with Gasteiger partial charge in [-0.2, -0.15) is 0 Å². The van der Waals surface area contributed by atoms with Crippen LogP contribution in [-0.4, -0.2) is 32.1 Å². The molecule has 0 saturated carbocycles. The van der Waals surface area contributed by atoms with Crippen molar-refractivity contribution in [3.05, 3.63) is 0 Å². The molecule has 0 heterocycles. The van der Waals surface area contributed by atoms with Crippen molar-refractivity contribution in [2.75, 3.05) is 14.1 Å². The molecule has 0 aromatic rings. The second-order valence-corrected chi connectivity index (χ2v) is 2.90. The largest absolute Gasteiger partial charge is 0.473 e. The van der Waals surface area contributed by atoms with Gasteiger partial charge in [-0.15, -0.1) is 5.92 Å². The van der Waals surface area contributed by atoms with Crippen LogP contribution in [0.3, 0.4) is 0 Å². The van der Waals surface area contributed by atoms with Crippen molar-refractivity contribution in [1.82, 2.24) is 4.81 Å². The Morgan fingerprint density at radius 1 is 1.36 bits per heavy atom. The molecule has 0 amide bonds. The molecule has 0 fully saturated rings. The maximum absolute atomic E-state index is 5.50. The van der Waals surface area contributed by atoms with E-state index in [0.29, 0.717) is 0 Å². The molecular weight excluding hydrogens is 137 g/mol. The highest BCUT2D eigenvalue weighted by molar-refractivity contribution is 6.58. The van der Waals surface area contributed by atoms with E-state index < -0.39 is 0 Å². The Kier molecular flexibility index (Phi) is 5.01. The molecular formula is C8H16BNO. The fourth-order valence-electron chi connectivity index (χ4n) is 0.666. The van der Waals surface area contributed by atoms with Crippen LogP contribution in [0.25, 0.3) is 0 Å². The van der Waals surface area contributed by atoms with Crippen molar-refractivity contribution in [1.29, 1.82) is 0 Å². The number of rotatable bonds is 3. The number of hydrogen-bond donors (Lipinski definition) is 0. The summed E-state index contributed by atoms with van der Waals surface area (Å²) in [5.74, 6) is 5.80.